The van der Waals surface area contributed by atoms with Crippen molar-refractivity contribution in [2.45, 2.75) is 66.6 Å². The molecule has 0 bridgehead atoms. The van der Waals surface area contributed by atoms with Crippen LogP contribution < -0.4 is 0 Å². The lowest BCUT2D eigenvalue weighted by atomic mass is 10.4. The molecule has 0 unspecified atom stereocenters. The molecule has 0 saturated carbocycles. The van der Waals surface area contributed by atoms with Crippen molar-refractivity contribution in [3.05, 3.63) is 0 Å². The summed E-state index contributed by atoms with van der Waals surface area (Å²) in [5.41, 5.74) is 0. The molecule has 0 fully saturated rings. The van der Waals surface area contributed by atoms with Crippen molar-refractivity contribution in [3.63, 3.8) is 0 Å². The van der Waals surface area contributed by atoms with Crippen LogP contribution in [0, 0.1) is 0 Å². The van der Waals surface area contributed by atoms with E-state index in [9.17, 15) is 4.57 Å². The monoisotopic (exact) mass is 265 g/mol. The maximum atomic E-state index is 12.8. The van der Waals surface area contributed by atoms with Gasteiger partial charge in [-0.3, -0.25) is 9.05 Å². The molecule has 0 aromatic carbocycles. The number of hydrogen-bond acceptors (Lipinski definition) is 3. The van der Waals surface area contributed by atoms with Crippen molar-refractivity contribution in [2.24, 2.45) is 0 Å². The molecule has 0 saturated heterocycles. The van der Waals surface area contributed by atoms with Crippen LogP contribution in [0.2, 0.25) is 0 Å². The Morgan fingerprint density at radius 3 is 1.53 bits per heavy atom. The van der Waals surface area contributed by atoms with E-state index in [4.69, 9.17) is 9.05 Å². The van der Waals surface area contributed by atoms with Crippen LogP contribution in [0.1, 0.15) is 54.4 Å². The molecule has 17 heavy (non-hydrogen) atoms. The SMILES string of the molecule is CCCN(CCC)P(=O)(OC(C)C)OC(C)C. The van der Waals surface area contributed by atoms with E-state index in [0.717, 1.165) is 25.9 Å². The van der Waals surface area contributed by atoms with Gasteiger partial charge in [-0.25, -0.2) is 9.24 Å². The van der Waals surface area contributed by atoms with E-state index in [-0.39, 0.29) is 12.2 Å². The van der Waals surface area contributed by atoms with E-state index in [1.165, 1.54) is 0 Å². The highest BCUT2D eigenvalue weighted by Crippen LogP contribution is 2.54. The fraction of sp³-hybridized carbons (Fsp3) is 1.00. The molecule has 0 radical (unpaired) electrons. The summed E-state index contributed by atoms with van der Waals surface area (Å²) in [5, 5.41) is 0. The lowest BCUT2D eigenvalue weighted by Gasteiger charge is -2.32. The Labute approximate surface area is 106 Å². The van der Waals surface area contributed by atoms with Crippen LogP contribution >= 0.6 is 7.75 Å². The van der Waals surface area contributed by atoms with Crippen molar-refractivity contribution in [3.8, 4) is 0 Å². The van der Waals surface area contributed by atoms with E-state index in [1.807, 2.05) is 32.4 Å². The maximum absolute atomic E-state index is 12.8. The van der Waals surface area contributed by atoms with Gasteiger partial charge in [-0.15, -0.1) is 0 Å². The molecule has 0 spiro atoms. The second-order valence-corrected chi connectivity index (χ2v) is 6.65. The molecule has 5 heteroatoms. The lowest BCUT2D eigenvalue weighted by molar-refractivity contribution is 0.105. The zero-order chi connectivity index (χ0) is 13.5. The van der Waals surface area contributed by atoms with Crippen LogP contribution in [-0.4, -0.2) is 30.0 Å². The van der Waals surface area contributed by atoms with Crippen LogP contribution in [0.25, 0.3) is 0 Å². The summed E-state index contributed by atoms with van der Waals surface area (Å²) in [5.74, 6) is 0. The summed E-state index contributed by atoms with van der Waals surface area (Å²) >= 11 is 0. The zero-order valence-electron chi connectivity index (χ0n) is 12.1. The van der Waals surface area contributed by atoms with Gasteiger partial charge in [0.1, 0.15) is 0 Å². The first-order valence-electron chi connectivity index (χ1n) is 6.58. The van der Waals surface area contributed by atoms with E-state index in [0.29, 0.717) is 0 Å². The number of nitrogens with zero attached hydrogens (tertiary/aromatic N) is 1. The first kappa shape index (κ1) is 17.1. The molecule has 0 heterocycles. The van der Waals surface area contributed by atoms with Gasteiger partial charge in [-0.1, -0.05) is 13.8 Å². The molecular formula is C12H28NO3P. The summed E-state index contributed by atoms with van der Waals surface area (Å²) in [6.07, 6.45) is 1.67. The third-order valence-electron chi connectivity index (χ3n) is 2.00. The molecule has 0 aromatic rings. The van der Waals surface area contributed by atoms with E-state index < -0.39 is 7.75 Å². The summed E-state index contributed by atoms with van der Waals surface area (Å²) in [7, 11) is -3.14. The Morgan fingerprint density at radius 2 is 1.29 bits per heavy atom. The smallest absolute Gasteiger partial charge is 0.294 e. The minimum Gasteiger partial charge on any atom is -0.294 e. The van der Waals surface area contributed by atoms with Gasteiger partial charge in [0.25, 0.3) is 0 Å². The van der Waals surface area contributed by atoms with E-state index in [1.54, 1.807) is 0 Å². The maximum Gasteiger partial charge on any atom is 0.408 e. The van der Waals surface area contributed by atoms with Crippen molar-refractivity contribution in [2.75, 3.05) is 13.1 Å². The molecular weight excluding hydrogens is 237 g/mol. The average Bonchev–Trinajstić information content (AvgIpc) is 2.14. The van der Waals surface area contributed by atoms with Crippen LogP contribution in [0.4, 0.5) is 0 Å². The van der Waals surface area contributed by atoms with Crippen LogP contribution in [0.5, 0.6) is 0 Å². The minimum absolute atomic E-state index is 0.101. The fourth-order valence-electron chi connectivity index (χ4n) is 1.56. The minimum atomic E-state index is -3.14. The van der Waals surface area contributed by atoms with Gasteiger partial charge < -0.3 is 0 Å². The van der Waals surface area contributed by atoms with Crippen LogP contribution in [0.15, 0.2) is 0 Å². The Hall–Kier alpha value is 0.110. The zero-order valence-corrected chi connectivity index (χ0v) is 13.0. The van der Waals surface area contributed by atoms with Gasteiger partial charge in [0.2, 0.25) is 0 Å². The average molecular weight is 265 g/mol. The molecule has 0 amide bonds. The second kappa shape index (κ2) is 8.25. The summed E-state index contributed by atoms with van der Waals surface area (Å²) in [6, 6.07) is 0. The van der Waals surface area contributed by atoms with Gasteiger partial charge in [0.05, 0.1) is 12.2 Å². The van der Waals surface area contributed by atoms with Crippen LogP contribution in [0.3, 0.4) is 0 Å². The largest absolute Gasteiger partial charge is 0.408 e. The molecule has 0 aromatic heterocycles. The van der Waals surface area contributed by atoms with Crippen molar-refractivity contribution in [1.82, 2.24) is 4.67 Å². The topological polar surface area (TPSA) is 38.8 Å². The third-order valence-corrected chi connectivity index (χ3v) is 4.47. The summed E-state index contributed by atoms with van der Waals surface area (Å²) in [4.78, 5) is 0. The third kappa shape index (κ3) is 6.56. The highest BCUT2D eigenvalue weighted by Gasteiger charge is 2.34. The molecule has 0 rings (SSSR count). The van der Waals surface area contributed by atoms with Crippen molar-refractivity contribution < 1.29 is 13.6 Å². The molecule has 0 atom stereocenters. The van der Waals surface area contributed by atoms with Gasteiger partial charge in [0.15, 0.2) is 0 Å². The summed E-state index contributed by atoms with van der Waals surface area (Å²) < 4.78 is 25.8. The van der Waals surface area contributed by atoms with Crippen molar-refractivity contribution >= 4 is 7.75 Å². The Bertz CT molecular complexity index is 224. The van der Waals surface area contributed by atoms with Gasteiger partial charge in [-0.2, -0.15) is 0 Å². The van der Waals surface area contributed by atoms with Gasteiger partial charge in [0, 0.05) is 13.1 Å². The Kier molecular flexibility index (Phi) is 8.31. The summed E-state index contributed by atoms with van der Waals surface area (Å²) in [6.45, 7) is 13.1. The Morgan fingerprint density at radius 1 is 0.941 bits per heavy atom. The predicted octanol–water partition coefficient (Wildman–Crippen LogP) is 4.07. The standard InChI is InChI=1S/C12H28NO3P/c1-7-9-13(10-8-2)17(14,15-11(3)4)16-12(5)6/h11-12H,7-10H2,1-6H3. The van der Waals surface area contributed by atoms with Gasteiger partial charge >= 0.3 is 7.75 Å². The predicted molar refractivity (Wildman–Crippen MR) is 72.2 cm³/mol. The molecule has 0 aliphatic carbocycles. The second-order valence-electron chi connectivity index (χ2n) is 4.73. The molecule has 0 aliphatic rings. The molecule has 0 aliphatic heterocycles. The van der Waals surface area contributed by atoms with E-state index >= 15 is 0 Å². The first-order valence-corrected chi connectivity index (χ1v) is 8.07. The highest BCUT2D eigenvalue weighted by molar-refractivity contribution is 7.51. The van der Waals surface area contributed by atoms with Crippen LogP contribution in [-0.2, 0) is 13.6 Å². The van der Waals surface area contributed by atoms with Gasteiger partial charge in [-0.05, 0) is 40.5 Å². The molecule has 0 N–H and O–H groups in total. The van der Waals surface area contributed by atoms with E-state index in [2.05, 4.69) is 13.8 Å². The normalized spacial score (nSPS) is 13.0. The van der Waals surface area contributed by atoms with Crippen molar-refractivity contribution in [1.29, 1.82) is 0 Å². The highest BCUT2D eigenvalue weighted by atomic mass is 31.2. The number of hydrogen-bond donors (Lipinski definition) is 0. The lowest BCUT2D eigenvalue weighted by Crippen LogP contribution is -2.27. The number of rotatable bonds is 9. The molecule has 4 nitrogen and oxygen atoms in total. The fourth-order valence-corrected chi connectivity index (χ4v) is 3.84. The quantitative estimate of drug-likeness (QED) is 0.589. The first-order chi connectivity index (χ1) is 7.85. The molecule has 104 valence electrons. The Balaban J connectivity index is 4.88.